The van der Waals surface area contributed by atoms with Crippen molar-refractivity contribution in [3.63, 3.8) is 0 Å². The lowest BCUT2D eigenvalue weighted by atomic mass is 10.2. The van der Waals surface area contributed by atoms with Gasteiger partial charge in [-0.05, 0) is 19.4 Å². The van der Waals surface area contributed by atoms with E-state index in [2.05, 4.69) is 34.8 Å². The molecular formula is C21H24N8O3S. The third-order valence-electron chi connectivity index (χ3n) is 5.86. The third-order valence-corrected chi connectivity index (χ3v) is 7.03. The molecule has 0 aromatic carbocycles. The van der Waals surface area contributed by atoms with Crippen molar-refractivity contribution in [3.8, 4) is 0 Å². The number of thiophene rings is 1. The summed E-state index contributed by atoms with van der Waals surface area (Å²) in [7, 11) is 1.87. The van der Waals surface area contributed by atoms with Gasteiger partial charge in [0.15, 0.2) is 5.65 Å². The molecule has 0 amide bonds. The van der Waals surface area contributed by atoms with E-state index in [0.29, 0.717) is 33.0 Å². The van der Waals surface area contributed by atoms with Gasteiger partial charge in [0.1, 0.15) is 27.7 Å². The molecule has 0 unspecified atom stereocenters. The number of nitrogens with one attached hydrogen (secondary N) is 1. The molecule has 1 fully saturated rings. The first-order valence-corrected chi connectivity index (χ1v) is 11.6. The van der Waals surface area contributed by atoms with Gasteiger partial charge in [-0.15, -0.1) is 11.3 Å². The van der Waals surface area contributed by atoms with Crippen LogP contribution in [-0.2, 0) is 18.3 Å². The molecule has 5 heterocycles. The maximum Gasteiger partial charge on any atom is 0.348 e. The highest BCUT2D eigenvalue weighted by atomic mass is 32.1. The van der Waals surface area contributed by atoms with Gasteiger partial charge in [-0.2, -0.15) is 5.10 Å². The number of hydrogen-bond acceptors (Lipinski definition) is 10. The van der Waals surface area contributed by atoms with E-state index < -0.39 is 5.97 Å². The van der Waals surface area contributed by atoms with E-state index in [4.69, 9.17) is 4.74 Å². The number of carbonyl (C=O) groups is 1. The van der Waals surface area contributed by atoms with Gasteiger partial charge < -0.3 is 14.6 Å². The van der Waals surface area contributed by atoms with Gasteiger partial charge >= 0.3 is 5.97 Å². The predicted molar refractivity (Wildman–Crippen MR) is 125 cm³/mol. The number of aromatic nitrogens is 6. The molecule has 11 nitrogen and oxygen atoms in total. The number of fused-ring (bicyclic) bond motifs is 2. The molecule has 1 aliphatic rings. The summed E-state index contributed by atoms with van der Waals surface area (Å²) in [4.78, 5) is 46.7. The molecular weight excluding hydrogens is 444 g/mol. The number of hydrogen-bond donors (Lipinski definition) is 1. The largest absolute Gasteiger partial charge is 0.462 e. The highest BCUT2D eigenvalue weighted by Gasteiger charge is 2.23. The number of aryl methyl sites for hydroxylation is 2. The molecule has 0 spiro atoms. The van der Waals surface area contributed by atoms with Crippen molar-refractivity contribution in [2.75, 3.05) is 37.7 Å². The smallest absolute Gasteiger partial charge is 0.348 e. The second-order valence-corrected chi connectivity index (χ2v) is 8.93. The number of H-pyrrole nitrogens is 1. The van der Waals surface area contributed by atoms with Gasteiger partial charge in [-0.1, -0.05) is 0 Å². The minimum Gasteiger partial charge on any atom is -0.462 e. The highest BCUT2D eigenvalue weighted by Crippen LogP contribution is 2.28. The van der Waals surface area contributed by atoms with Crippen LogP contribution >= 0.6 is 11.3 Å². The molecule has 0 bridgehead atoms. The van der Waals surface area contributed by atoms with Gasteiger partial charge in [0, 0.05) is 33.2 Å². The Hall–Kier alpha value is -3.38. The molecule has 1 aliphatic heterocycles. The fourth-order valence-electron chi connectivity index (χ4n) is 4.19. The third kappa shape index (κ3) is 3.85. The van der Waals surface area contributed by atoms with Gasteiger partial charge in [0.25, 0.3) is 5.56 Å². The summed E-state index contributed by atoms with van der Waals surface area (Å²) in [5.74, 6) is 1.07. The second kappa shape index (κ2) is 8.52. The normalized spacial score (nSPS) is 14.9. The number of ether oxygens (including phenoxy) is 1. The van der Waals surface area contributed by atoms with Crippen LogP contribution in [0, 0.1) is 6.92 Å². The molecule has 172 valence electrons. The first kappa shape index (κ1) is 21.5. The first-order valence-electron chi connectivity index (χ1n) is 10.8. The Morgan fingerprint density at radius 3 is 2.79 bits per heavy atom. The maximum absolute atomic E-state index is 12.7. The number of carbonyl (C=O) groups excluding carboxylic acids is 1. The van der Waals surface area contributed by atoms with Crippen molar-refractivity contribution in [2.45, 2.75) is 20.4 Å². The van der Waals surface area contributed by atoms with E-state index in [1.54, 1.807) is 31.1 Å². The van der Waals surface area contributed by atoms with Crippen molar-refractivity contribution in [1.29, 1.82) is 0 Å². The van der Waals surface area contributed by atoms with Gasteiger partial charge in [-0.25, -0.2) is 19.7 Å². The Bertz CT molecular complexity index is 1400. The van der Waals surface area contributed by atoms with Gasteiger partial charge in [0.05, 0.1) is 30.1 Å². The molecule has 33 heavy (non-hydrogen) atoms. The average Bonchev–Trinajstić information content (AvgIpc) is 3.35. The summed E-state index contributed by atoms with van der Waals surface area (Å²) in [5.41, 5.74) is 1.21. The zero-order chi connectivity index (χ0) is 23.1. The molecule has 4 aromatic heterocycles. The van der Waals surface area contributed by atoms with Crippen LogP contribution in [0.15, 0.2) is 17.3 Å². The zero-order valence-corrected chi connectivity index (χ0v) is 19.5. The molecule has 12 heteroatoms. The van der Waals surface area contributed by atoms with E-state index >= 15 is 0 Å². The fourth-order valence-corrected chi connectivity index (χ4v) is 5.28. The van der Waals surface area contributed by atoms with Crippen LogP contribution in [0.1, 0.15) is 28.0 Å². The molecule has 0 radical (unpaired) electrons. The average molecular weight is 469 g/mol. The molecule has 1 N–H and O–H groups in total. The number of piperazine rings is 1. The predicted octanol–water partition coefficient (Wildman–Crippen LogP) is 1.47. The van der Waals surface area contributed by atoms with Crippen LogP contribution in [0.5, 0.6) is 0 Å². The summed E-state index contributed by atoms with van der Waals surface area (Å²) in [6.07, 6.45) is 3.37. The Kier molecular flexibility index (Phi) is 5.54. The monoisotopic (exact) mass is 468 g/mol. The number of aromatic amines is 1. The summed E-state index contributed by atoms with van der Waals surface area (Å²) in [6, 6.07) is 0. The number of nitrogens with zero attached hydrogens (tertiary/aromatic N) is 7. The Balaban J connectivity index is 1.32. The lowest BCUT2D eigenvalue weighted by molar-refractivity contribution is 0.0531. The number of rotatable bonds is 5. The van der Waals surface area contributed by atoms with Crippen molar-refractivity contribution in [1.82, 2.24) is 34.6 Å². The molecule has 0 aliphatic carbocycles. The standard InChI is InChI=1S/C21H24N8O3S/c1-4-32-21(31)16-12(2)15-19(30)25-14(26-20(15)33-16)10-28-5-7-29(8-6-28)18-13-9-24-27(3)17(13)22-11-23-18/h9,11H,4-8,10H2,1-3H3,(H,25,26,30). The van der Waals surface area contributed by atoms with E-state index in [9.17, 15) is 9.59 Å². The summed E-state index contributed by atoms with van der Waals surface area (Å²) >= 11 is 1.21. The van der Waals surface area contributed by atoms with Crippen LogP contribution in [0.4, 0.5) is 5.82 Å². The van der Waals surface area contributed by atoms with Crippen molar-refractivity contribution in [2.24, 2.45) is 7.05 Å². The quantitative estimate of drug-likeness (QED) is 0.434. The van der Waals surface area contributed by atoms with Crippen molar-refractivity contribution in [3.05, 3.63) is 39.1 Å². The molecule has 0 atom stereocenters. The fraction of sp³-hybridized carbons (Fsp3) is 0.429. The Morgan fingerprint density at radius 2 is 2.03 bits per heavy atom. The van der Waals surface area contributed by atoms with E-state index in [1.165, 1.54) is 11.3 Å². The maximum atomic E-state index is 12.7. The topological polar surface area (TPSA) is 122 Å². The van der Waals surface area contributed by atoms with Crippen molar-refractivity contribution >= 4 is 44.4 Å². The molecule has 1 saturated heterocycles. The van der Waals surface area contributed by atoms with Crippen molar-refractivity contribution < 1.29 is 9.53 Å². The number of anilines is 1. The van der Waals surface area contributed by atoms with Gasteiger partial charge in [-0.3, -0.25) is 14.4 Å². The van der Waals surface area contributed by atoms with Crippen LogP contribution in [0.3, 0.4) is 0 Å². The SMILES string of the molecule is CCOC(=O)c1sc2nc(CN3CCN(c4ncnc5c4cnn5C)CC3)[nH]c(=O)c2c1C. The molecule has 5 rings (SSSR count). The number of esters is 1. The minimum absolute atomic E-state index is 0.224. The summed E-state index contributed by atoms with van der Waals surface area (Å²) in [5, 5.41) is 5.69. The Labute approximate surface area is 193 Å². The van der Waals surface area contributed by atoms with Crippen LogP contribution in [0.25, 0.3) is 21.3 Å². The van der Waals surface area contributed by atoms with Gasteiger partial charge in [0.2, 0.25) is 0 Å². The molecule has 4 aromatic rings. The molecule has 0 saturated carbocycles. The highest BCUT2D eigenvalue weighted by molar-refractivity contribution is 7.20. The van der Waals surface area contributed by atoms with E-state index in [1.807, 2.05) is 7.05 Å². The van der Waals surface area contributed by atoms with E-state index in [-0.39, 0.29) is 12.2 Å². The Morgan fingerprint density at radius 1 is 1.24 bits per heavy atom. The van der Waals surface area contributed by atoms with Crippen LogP contribution in [-0.4, -0.2) is 73.4 Å². The first-order chi connectivity index (χ1) is 16.0. The summed E-state index contributed by atoms with van der Waals surface area (Å²) in [6.45, 7) is 7.50. The minimum atomic E-state index is -0.414. The van der Waals surface area contributed by atoms with E-state index in [0.717, 1.165) is 43.0 Å². The lowest BCUT2D eigenvalue weighted by Crippen LogP contribution is -2.46. The van der Waals surface area contributed by atoms with Crippen LogP contribution in [0.2, 0.25) is 0 Å². The second-order valence-electron chi connectivity index (χ2n) is 7.94. The van der Waals surface area contributed by atoms with Crippen LogP contribution < -0.4 is 10.5 Å². The lowest BCUT2D eigenvalue weighted by Gasteiger charge is -2.35. The zero-order valence-electron chi connectivity index (χ0n) is 18.7. The summed E-state index contributed by atoms with van der Waals surface area (Å²) < 4.78 is 6.85.